The van der Waals surface area contributed by atoms with Gasteiger partial charge in [0.05, 0.1) is 19.3 Å². The van der Waals surface area contributed by atoms with Gasteiger partial charge in [0.25, 0.3) is 0 Å². The second kappa shape index (κ2) is 6.44. The molecule has 0 saturated carbocycles. The SMILES string of the molecule is CCOC(=O)CNC(=O)[C@H]1NCCO[C@@H]1C. The summed E-state index contributed by atoms with van der Waals surface area (Å²) in [7, 11) is 0. The minimum Gasteiger partial charge on any atom is -0.465 e. The zero-order valence-corrected chi connectivity index (χ0v) is 9.62. The summed E-state index contributed by atoms with van der Waals surface area (Å²) in [5.41, 5.74) is 0. The topological polar surface area (TPSA) is 76.7 Å². The van der Waals surface area contributed by atoms with E-state index in [0.29, 0.717) is 19.8 Å². The molecule has 0 bridgehead atoms. The summed E-state index contributed by atoms with van der Waals surface area (Å²) >= 11 is 0. The van der Waals surface area contributed by atoms with Crippen LogP contribution in [0.4, 0.5) is 0 Å². The smallest absolute Gasteiger partial charge is 0.325 e. The van der Waals surface area contributed by atoms with Gasteiger partial charge in [-0.25, -0.2) is 0 Å². The first kappa shape index (κ1) is 12.9. The van der Waals surface area contributed by atoms with Crippen LogP contribution in [0.25, 0.3) is 0 Å². The molecule has 0 spiro atoms. The maximum absolute atomic E-state index is 11.7. The summed E-state index contributed by atoms with van der Waals surface area (Å²) in [6.45, 7) is 5.00. The molecule has 2 atom stereocenters. The van der Waals surface area contributed by atoms with Gasteiger partial charge in [-0.1, -0.05) is 0 Å². The molecule has 1 aliphatic heterocycles. The zero-order valence-electron chi connectivity index (χ0n) is 9.62. The van der Waals surface area contributed by atoms with Crippen LogP contribution >= 0.6 is 0 Å². The van der Waals surface area contributed by atoms with Gasteiger partial charge in [0.2, 0.25) is 5.91 Å². The third-order valence-electron chi connectivity index (χ3n) is 2.31. The second-order valence-corrected chi connectivity index (χ2v) is 3.53. The highest BCUT2D eigenvalue weighted by atomic mass is 16.5. The maximum atomic E-state index is 11.7. The fraction of sp³-hybridized carbons (Fsp3) is 0.800. The molecule has 0 aliphatic carbocycles. The van der Waals surface area contributed by atoms with E-state index in [1.807, 2.05) is 6.92 Å². The summed E-state index contributed by atoms with van der Waals surface area (Å²) in [6.07, 6.45) is -0.184. The minimum absolute atomic E-state index is 0.0996. The molecule has 92 valence electrons. The van der Waals surface area contributed by atoms with Crippen molar-refractivity contribution in [1.82, 2.24) is 10.6 Å². The Kier molecular flexibility index (Phi) is 5.21. The molecule has 6 nitrogen and oxygen atoms in total. The first-order chi connectivity index (χ1) is 7.65. The predicted octanol–water partition coefficient (Wildman–Crippen LogP) is -0.957. The molecule has 1 rings (SSSR count). The maximum Gasteiger partial charge on any atom is 0.325 e. The predicted molar refractivity (Wildman–Crippen MR) is 56.8 cm³/mol. The molecule has 0 aromatic heterocycles. The van der Waals surface area contributed by atoms with Crippen LogP contribution < -0.4 is 10.6 Å². The number of nitrogens with one attached hydrogen (secondary N) is 2. The van der Waals surface area contributed by atoms with Crippen LogP contribution in [0.5, 0.6) is 0 Å². The Bertz CT molecular complexity index is 257. The van der Waals surface area contributed by atoms with Crippen molar-refractivity contribution in [2.75, 3.05) is 26.3 Å². The van der Waals surface area contributed by atoms with E-state index in [9.17, 15) is 9.59 Å². The Labute approximate surface area is 94.7 Å². The fourth-order valence-electron chi connectivity index (χ4n) is 1.51. The van der Waals surface area contributed by atoms with Crippen LogP contribution in [-0.2, 0) is 19.1 Å². The Morgan fingerprint density at radius 1 is 1.56 bits per heavy atom. The average molecular weight is 230 g/mol. The summed E-state index contributed by atoms with van der Waals surface area (Å²) in [5.74, 6) is -0.666. The van der Waals surface area contributed by atoms with Gasteiger partial charge < -0.3 is 20.1 Å². The van der Waals surface area contributed by atoms with Crippen molar-refractivity contribution in [3.05, 3.63) is 0 Å². The normalized spacial score (nSPS) is 24.9. The van der Waals surface area contributed by atoms with Crippen molar-refractivity contribution in [2.24, 2.45) is 0 Å². The van der Waals surface area contributed by atoms with Gasteiger partial charge >= 0.3 is 5.97 Å². The van der Waals surface area contributed by atoms with Crippen LogP contribution in [0.15, 0.2) is 0 Å². The highest BCUT2D eigenvalue weighted by Gasteiger charge is 2.28. The molecule has 1 saturated heterocycles. The van der Waals surface area contributed by atoms with Gasteiger partial charge in [0.1, 0.15) is 12.6 Å². The van der Waals surface area contributed by atoms with Gasteiger partial charge in [0, 0.05) is 6.54 Å². The van der Waals surface area contributed by atoms with Gasteiger partial charge in [-0.15, -0.1) is 0 Å². The second-order valence-electron chi connectivity index (χ2n) is 3.53. The zero-order chi connectivity index (χ0) is 12.0. The number of hydrogen-bond donors (Lipinski definition) is 2. The number of carbonyl (C=O) groups is 2. The van der Waals surface area contributed by atoms with E-state index in [1.165, 1.54) is 0 Å². The molecule has 0 radical (unpaired) electrons. The van der Waals surface area contributed by atoms with Crippen molar-refractivity contribution >= 4 is 11.9 Å². The summed E-state index contributed by atoms with van der Waals surface area (Å²) < 4.78 is 10.0. The van der Waals surface area contributed by atoms with Crippen LogP contribution in [0.1, 0.15) is 13.8 Å². The molecule has 0 aromatic rings. The van der Waals surface area contributed by atoms with Crippen molar-refractivity contribution in [3.63, 3.8) is 0 Å². The molecule has 6 heteroatoms. The first-order valence-electron chi connectivity index (χ1n) is 5.43. The third kappa shape index (κ3) is 3.79. The van der Waals surface area contributed by atoms with E-state index in [4.69, 9.17) is 9.47 Å². The number of rotatable bonds is 4. The summed E-state index contributed by atoms with van der Waals surface area (Å²) in [4.78, 5) is 22.7. The van der Waals surface area contributed by atoms with E-state index in [1.54, 1.807) is 6.92 Å². The number of esters is 1. The first-order valence-corrected chi connectivity index (χ1v) is 5.43. The fourth-order valence-corrected chi connectivity index (χ4v) is 1.51. The Hall–Kier alpha value is -1.14. The quantitative estimate of drug-likeness (QED) is 0.608. The molecule has 16 heavy (non-hydrogen) atoms. The molecule has 0 unspecified atom stereocenters. The van der Waals surface area contributed by atoms with E-state index in [0.717, 1.165) is 0 Å². The average Bonchev–Trinajstić information content (AvgIpc) is 2.27. The van der Waals surface area contributed by atoms with Crippen molar-refractivity contribution < 1.29 is 19.1 Å². The highest BCUT2D eigenvalue weighted by molar-refractivity contribution is 5.86. The lowest BCUT2D eigenvalue weighted by molar-refractivity contribution is -0.144. The van der Waals surface area contributed by atoms with E-state index in [2.05, 4.69) is 10.6 Å². The third-order valence-corrected chi connectivity index (χ3v) is 2.31. The molecule has 1 heterocycles. The highest BCUT2D eigenvalue weighted by Crippen LogP contribution is 2.03. The van der Waals surface area contributed by atoms with E-state index in [-0.39, 0.29) is 18.6 Å². The van der Waals surface area contributed by atoms with Crippen LogP contribution in [-0.4, -0.2) is 50.3 Å². The Morgan fingerprint density at radius 2 is 2.31 bits per heavy atom. The minimum atomic E-state index is -0.430. The standard InChI is InChI=1S/C10H18N2O4/c1-3-15-8(13)6-12-10(14)9-7(2)16-5-4-11-9/h7,9,11H,3-6H2,1-2H3,(H,12,14)/t7-,9+/m1/s1. The lowest BCUT2D eigenvalue weighted by Gasteiger charge is -2.29. The monoisotopic (exact) mass is 230 g/mol. The van der Waals surface area contributed by atoms with Crippen molar-refractivity contribution in [2.45, 2.75) is 26.0 Å². The molecule has 2 N–H and O–H groups in total. The van der Waals surface area contributed by atoms with Gasteiger partial charge in [-0.05, 0) is 13.8 Å². The number of carbonyl (C=O) groups excluding carboxylic acids is 2. The van der Waals surface area contributed by atoms with Crippen LogP contribution in [0, 0.1) is 0 Å². The summed E-state index contributed by atoms with van der Waals surface area (Å²) in [6, 6.07) is -0.400. The Morgan fingerprint density at radius 3 is 2.94 bits per heavy atom. The van der Waals surface area contributed by atoms with Gasteiger partial charge in [-0.3, -0.25) is 9.59 Å². The number of amides is 1. The van der Waals surface area contributed by atoms with Gasteiger partial charge in [-0.2, -0.15) is 0 Å². The number of hydrogen-bond acceptors (Lipinski definition) is 5. The molecule has 1 amide bonds. The van der Waals surface area contributed by atoms with Gasteiger partial charge in [0.15, 0.2) is 0 Å². The molecular formula is C10H18N2O4. The Balaban J connectivity index is 2.31. The van der Waals surface area contributed by atoms with Crippen molar-refractivity contribution in [3.8, 4) is 0 Å². The van der Waals surface area contributed by atoms with E-state index < -0.39 is 12.0 Å². The molecule has 1 fully saturated rings. The molecular weight excluding hydrogens is 212 g/mol. The molecule has 1 aliphatic rings. The number of morpholine rings is 1. The van der Waals surface area contributed by atoms with Crippen molar-refractivity contribution in [1.29, 1.82) is 0 Å². The lowest BCUT2D eigenvalue weighted by Crippen LogP contribution is -2.56. The van der Waals surface area contributed by atoms with Crippen LogP contribution in [0.3, 0.4) is 0 Å². The lowest BCUT2D eigenvalue weighted by atomic mass is 10.1. The largest absolute Gasteiger partial charge is 0.465 e. The summed E-state index contributed by atoms with van der Waals surface area (Å²) in [5, 5.41) is 5.55. The molecule has 0 aromatic carbocycles. The van der Waals surface area contributed by atoms with E-state index >= 15 is 0 Å². The number of ether oxygens (including phenoxy) is 2. The van der Waals surface area contributed by atoms with Crippen LogP contribution in [0.2, 0.25) is 0 Å².